The van der Waals surface area contributed by atoms with E-state index in [2.05, 4.69) is 19.9 Å². The summed E-state index contributed by atoms with van der Waals surface area (Å²) in [5.41, 5.74) is 3.68. The van der Waals surface area contributed by atoms with Crippen LogP contribution in [0.3, 0.4) is 0 Å². The van der Waals surface area contributed by atoms with E-state index in [4.69, 9.17) is 0 Å². The van der Waals surface area contributed by atoms with Crippen LogP contribution in [0.25, 0.3) is 22.3 Å². The Balaban J connectivity index is 2.13. The van der Waals surface area contributed by atoms with Gasteiger partial charge in [0.05, 0.1) is 5.56 Å². The molecule has 1 atom stereocenters. The SMILES string of the molecule is CCC[C@@H](C)Cc1ccc(-c2c(F)cccc2F)c(-c2ccccc2)c1. The summed E-state index contributed by atoms with van der Waals surface area (Å²) in [7, 11) is 0. The maximum Gasteiger partial charge on any atom is 0.133 e. The second-order valence-corrected chi connectivity index (χ2v) is 6.94. The van der Waals surface area contributed by atoms with Crippen LogP contribution >= 0.6 is 0 Å². The Morgan fingerprint density at radius 2 is 1.50 bits per heavy atom. The van der Waals surface area contributed by atoms with Gasteiger partial charge in [0.2, 0.25) is 0 Å². The molecule has 0 aliphatic carbocycles. The minimum Gasteiger partial charge on any atom is -0.206 e. The molecule has 3 aromatic rings. The molecule has 2 heteroatoms. The van der Waals surface area contributed by atoms with Crippen molar-refractivity contribution in [1.82, 2.24) is 0 Å². The van der Waals surface area contributed by atoms with Gasteiger partial charge in [0.15, 0.2) is 0 Å². The Kier molecular flexibility index (Phi) is 5.82. The van der Waals surface area contributed by atoms with Crippen LogP contribution in [0, 0.1) is 17.6 Å². The van der Waals surface area contributed by atoms with Crippen LogP contribution in [0.5, 0.6) is 0 Å². The van der Waals surface area contributed by atoms with Gasteiger partial charge in [-0.05, 0) is 46.7 Å². The normalized spacial score (nSPS) is 12.2. The summed E-state index contributed by atoms with van der Waals surface area (Å²) >= 11 is 0. The molecule has 0 nitrogen and oxygen atoms in total. The van der Waals surface area contributed by atoms with Crippen molar-refractivity contribution in [3.63, 3.8) is 0 Å². The molecule has 0 aliphatic heterocycles. The molecule has 0 unspecified atom stereocenters. The van der Waals surface area contributed by atoms with Gasteiger partial charge in [0.1, 0.15) is 11.6 Å². The van der Waals surface area contributed by atoms with Gasteiger partial charge < -0.3 is 0 Å². The van der Waals surface area contributed by atoms with E-state index < -0.39 is 11.6 Å². The van der Waals surface area contributed by atoms with Crippen LogP contribution < -0.4 is 0 Å². The number of halogens is 2. The smallest absolute Gasteiger partial charge is 0.133 e. The highest BCUT2D eigenvalue weighted by molar-refractivity contribution is 5.84. The van der Waals surface area contributed by atoms with Gasteiger partial charge in [-0.15, -0.1) is 0 Å². The summed E-state index contributed by atoms with van der Waals surface area (Å²) in [6.45, 7) is 4.44. The third-order valence-corrected chi connectivity index (χ3v) is 4.77. The van der Waals surface area contributed by atoms with Crippen molar-refractivity contribution in [1.29, 1.82) is 0 Å². The van der Waals surface area contributed by atoms with E-state index >= 15 is 0 Å². The molecular formula is C24H24F2. The van der Waals surface area contributed by atoms with Crippen LogP contribution in [0.4, 0.5) is 8.78 Å². The van der Waals surface area contributed by atoms with Crippen molar-refractivity contribution in [2.24, 2.45) is 5.92 Å². The van der Waals surface area contributed by atoms with Crippen molar-refractivity contribution in [3.8, 4) is 22.3 Å². The lowest BCUT2D eigenvalue weighted by Gasteiger charge is -2.16. The number of hydrogen-bond acceptors (Lipinski definition) is 0. The summed E-state index contributed by atoms with van der Waals surface area (Å²) in [4.78, 5) is 0. The first kappa shape index (κ1) is 18.3. The second kappa shape index (κ2) is 8.27. The first-order chi connectivity index (χ1) is 12.6. The molecule has 0 saturated heterocycles. The lowest BCUT2D eigenvalue weighted by Crippen LogP contribution is -2.00. The summed E-state index contributed by atoms with van der Waals surface area (Å²) in [6.07, 6.45) is 3.29. The van der Waals surface area contributed by atoms with Gasteiger partial charge in [-0.25, -0.2) is 8.78 Å². The molecule has 3 rings (SSSR count). The maximum absolute atomic E-state index is 14.4. The Morgan fingerprint density at radius 1 is 0.808 bits per heavy atom. The van der Waals surface area contributed by atoms with Gasteiger partial charge in [0.25, 0.3) is 0 Å². The van der Waals surface area contributed by atoms with Crippen molar-refractivity contribution in [2.45, 2.75) is 33.1 Å². The van der Waals surface area contributed by atoms with E-state index in [1.807, 2.05) is 42.5 Å². The summed E-state index contributed by atoms with van der Waals surface area (Å²) < 4.78 is 28.8. The Hall–Kier alpha value is -2.48. The lowest BCUT2D eigenvalue weighted by atomic mass is 9.89. The molecule has 0 fully saturated rings. The fourth-order valence-electron chi connectivity index (χ4n) is 3.55. The molecular weight excluding hydrogens is 326 g/mol. The Morgan fingerprint density at radius 3 is 2.15 bits per heavy atom. The summed E-state index contributed by atoms with van der Waals surface area (Å²) in [5, 5.41) is 0. The highest BCUT2D eigenvalue weighted by Crippen LogP contribution is 2.36. The number of benzene rings is 3. The van der Waals surface area contributed by atoms with Crippen molar-refractivity contribution < 1.29 is 8.78 Å². The van der Waals surface area contributed by atoms with Gasteiger partial charge in [-0.2, -0.15) is 0 Å². The molecule has 134 valence electrons. The first-order valence-electron chi connectivity index (χ1n) is 9.23. The van der Waals surface area contributed by atoms with E-state index in [0.29, 0.717) is 11.5 Å². The maximum atomic E-state index is 14.4. The van der Waals surface area contributed by atoms with E-state index in [1.54, 1.807) is 0 Å². The molecule has 0 amide bonds. The highest BCUT2D eigenvalue weighted by Gasteiger charge is 2.16. The molecule has 0 spiro atoms. The van der Waals surface area contributed by atoms with E-state index in [-0.39, 0.29) is 5.56 Å². The monoisotopic (exact) mass is 350 g/mol. The minimum absolute atomic E-state index is 0.0412. The van der Waals surface area contributed by atoms with E-state index in [0.717, 1.165) is 24.0 Å². The predicted octanol–water partition coefficient (Wildman–Crippen LogP) is 7.28. The minimum atomic E-state index is -0.533. The number of rotatable bonds is 6. The molecule has 0 N–H and O–H groups in total. The van der Waals surface area contributed by atoms with Crippen LogP contribution in [0.2, 0.25) is 0 Å². The van der Waals surface area contributed by atoms with Crippen LogP contribution in [-0.2, 0) is 6.42 Å². The zero-order chi connectivity index (χ0) is 18.5. The third kappa shape index (κ3) is 4.01. The van der Waals surface area contributed by atoms with E-state index in [1.165, 1.54) is 30.2 Å². The quantitative estimate of drug-likeness (QED) is 0.438. The van der Waals surface area contributed by atoms with Crippen LogP contribution in [0.15, 0.2) is 66.7 Å². The molecule has 0 aromatic heterocycles. The zero-order valence-corrected chi connectivity index (χ0v) is 15.3. The molecule has 0 bridgehead atoms. The van der Waals surface area contributed by atoms with Crippen molar-refractivity contribution in [3.05, 3.63) is 83.9 Å². The highest BCUT2D eigenvalue weighted by atomic mass is 19.1. The molecule has 0 aliphatic rings. The molecule has 0 heterocycles. The number of hydrogen-bond donors (Lipinski definition) is 0. The van der Waals surface area contributed by atoms with Gasteiger partial charge in [-0.1, -0.05) is 81.3 Å². The van der Waals surface area contributed by atoms with Crippen LogP contribution in [-0.4, -0.2) is 0 Å². The van der Waals surface area contributed by atoms with Crippen LogP contribution in [0.1, 0.15) is 32.3 Å². The molecule has 0 saturated carbocycles. The summed E-state index contributed by atoms with van der Waals surface area (Å²) in [6, 6.07) is 19.8. The Bertz CT molecular complexity index is 848. The largest absolute Gasteiger partial charge is 0.206 e. The van der Waals surface area contributed by atoms with E-state index in [9.17, 15) is 8.78 Å². The zero-order valence-electron chi connectivity index (χ0n) is 15.3. The Labute approximate surface area is 154 Å². The summed E-state index contributed by atoms with van der Waals surface area (Å²) in [5.74, 6) is -0.483. The molecule has 26 heavy (non-hydrogen) atoms. The standard InChI is InChI=1S/C24H24F2/c1-3-8-17(2)15-18-13-14-20(24-22(25)11-7-12-23(24)26)21(16-18)19-9-5-4-6-10-19/h4-7,9-14,16-17H,3,8,15H2,1-2H3/t17-/m1/s1. The average Bonchev–Trinajstić information content (AvgIpc) is 2.63. The fourth-order valence-corrected chi connectivity index (χ4v) is 3.55. The van der Waals surface area contributed by atoms with Crippen molar-refractivity contribution >= 4 is 0 Å². The van der Waals surface area contributed by atoms with Gasteiger partial charge >= 0.3 is 0 Å². The lowest BCUT2D eigenvalue weighted by molar-refractivity contribution is 0.522. The average molecular weight is 350 g/mol. The first-order valence-corrected chi connectivity index (χ1v) is 9.23. The molecule has 3 aromatic carbocycles. The van der Waals surface area contributed by atoms with Gasteiger partial charge in [-0.3, -0.25) is 0 Å². The van der Waals surface area contributed by atoms with Crippen molar-refractivity contribution in [2.75, 3.05) is 0 Å². The second-order valence-electron chi connectivity index (χ2n) is 6.94. The topological polar surface area (TPSA) is 0 Å². The predicted molar refractivity (Wildman–Crippen MR) is 105 cm³/mol. The molecule has 0 radical (unpaired) electrons. The third-order valence-electron chi connectivity index (χ3n) is 4.77. The fraction of sp³-hybridized carbons (Fsp3) is 0.250. The van der Waals surface area contributed by atoms with Gasteiger partial charge in [0, 0.05) is 0 Å².